The van der Waals surface area contributed by atoms with Gasteiger partial charge in [-0.25, -0.2) is 9.59 Å². The topological polar surface area (TPSA) is 74.3 Å². The van der Waals surface area contributed by atoms with Crippen LogP contribution >= 0.6 is 0 Å². The van der Waals surface area contributed by atoms with E-state index in [0.717, 1.165) is 27.6 Å². The number of nitrogens with zero attached hydrogens (tertiary/aromatic N) is 2. The Hall–Kier alpha value is -3.93. The largest absolute Gasteiger partial charge is 0.458 e. The molecule has 0 saturated heterocycles. The van der Waals surface area contributed by atoms with Gasteiger partial charge < -0.3 is 9.15 Å². The van der Waals surface area contributed by atoms with Crippen LogP contribution in [0.4, 0.5) is 0 Å². The smallest absolute Gasteiger partial charge is 0.336 e. The van der Waals surface area contributed by atoms with Crippen LogP contribution in [0.2, 0.25) is 0 Å². The van der Waals surface area contributed by atoms with E-state index in [1.54, 1.807) is 17.0 Å². The van der Waals surface area contributed by atoms with Crippen molar-refractivity contribution in [2.24, 2.45) is 0 Å². The second-order valence-electron chi connectivity index (χ2n) is 7.42. The molecule has 0 N–H and O–H groups in total. The quantitative estimate of drug-likeness (QED) is 0.265. The summed E-state index contributed by atoms with van der Waals surface area (Å²) >= 11 is 0. The van der Waals surface area contributed by atoms with Crippen LogP contribution in [0.1, 0.15) is 27.8 Å². The molecule has 0 aliphatic heterocycles. The molecule has 2 aromatic heterocycles. The van der Waals surface area contributed by atoms with Crippen LogP contribution in [0, 0.1) is 13.8 Å². The monoisotopic (exact) mass is 414 g/mol. The molecule has 4 rings (SSSR count). The Morgan fingerprint density at radius 3 is 2.71 bits per heavy atom. The summed E-state index contributed by atoms with van der Waals surface area (Å²) in [5.41, 5.74) is 4.68. The van der Waals surface area contributed by atoms with Gasteiger partial charge >= 0.3 is 11.6 Å². The summed E-state index contributed by atoms with van der Waals surface area (Å²) in [6.07, 6.45) is 6.56. The van der Waals surface area contributed by atoms with Gasteiger partial charge in [0.15, 0.2) is 0 Å². The number of esters is 1. The highest BCUT2D eigenvalue weighted by atomic mass is 16.5. The lowest BCUT2D eigenvalue weighted by Crippen LogP contribution is -2.06. The van der Waals surface area contributed by atoms with Crippen molar-refractivity contribution in [3.05, 3.63) is 105 Å². The molecule has 0 aliphatic rings. The van der Waals surface area contributed by atoms with Gasteiger partial charge in [-0.05, 0) is 48.7 Å². The molecule has 2 heterocycles. The summed E-state index contributed by atoms with van der Waals surface area (Å²) in [6, 6.07) is 15.1. The maximum absolute atomic E-state index is 12.2. The first-order valence-electron chi connectivity index (χ1n) is 9.93. The number of carbonyl (C=O) groups excluding carboxylic acids is 1. The fourth-order valence-electron chi connectivity index (χ4n) is 3.29. The number of hydrogen-bond acceptors (Lipinski definition) is 5. The Morgan fingerprint density at radius 1 is 1.13 bits per heavy atom. The lowest BCUT2D eigenvalue weighted by atomic mass is 10.0. The van der Waals surface area contributed by atoms with Gasteiger partial charge in [0.25, 0.3) is 0 Å². The van der Waals surface area contributed by atoms with E-state index in [-0.39, 0.29) is 6.61 Å². The lowest BCUT2D eigenvalue weighted by molar-refractivity contribution is -0.138. The summed E-state index contributed by atoms with van der Waals surface area (Å²) in [7, 11) is 0. The molecule has 0 radical (unpaired) electrons. The SMILES string of the molecule is Cc1cc2oc(=O)cc(COC(=O)/C=C/c3cnn(Cc4ccccc4)c3)c2cc1C. The van der Waals surface area contributed by atoms with Gasteiger partial charge in [0.2, 0.25) is 0 Å². The van der Waals surface area contributed by atoms with Crippen molar-refractivity contribution < 1.29 is 13.9 Å². The van der Waals surface area contributed by atoms with Crippen LogP contribution in [0.25, 0.3) is 17.0 Å². The zero-order valence-electron chi connectivity index (χ0n) is 17.4. The van der Waals surface area contributed by atoms with E-state index >= 15 is 0 Å². The molecule has 0 atom stereocenters. The van der Waals surface area contributed by atoms with Crippen molar-refractivity contribution in [2.45, 2.75) is 27.0 Å². The van der Waals surface area contributed by atoms with Crippen LogP contribution in [-0.4, -0.2) is 15.7 Å². The molecule has 0 bridgehead atoms. The normalized spacial score (nSPS) is 11.3. The first-order valence-corrected chi connectivity index (χ1v) is 9.93. The molecule has 4 aromatic rings. The fourth-order valence-corrected chi connectivity index (χ4v) is 3.29. The molecule has 31 heavy (non-hydrogen) atoms. The maximum atomic E-state index is 12.2. The third kappa shape index (κ3) is 4.98. The highest BCUT2D eigenvalue weighted by Crippen LogP contribution is 2.22. The molecule has 6 heteroatoms. The number of carbonyl (C=O) groups is 1. The number of aromatic nitrogens is 2. The van der Waals surface area contributed by atoms with Crippen LogP contribution in [0.3, 0.4) is 0 Å². The second kappa shape index (κ2) is 8.83. The lowest BCUT2D eigenvalue weighted by Gasteiger charge is -2.08. The van der Waals surface area contributed by atoms with Gasteiger partial charge in [0.05, 0.1) is 12.7 Å². The average Bonchev–Trinajstić information content (AvgIpc) is 3.20. The molecule has 0 spiro atoms. The van der Waals surface area contributed by atoms with Gasteiger partial charge in [0, 0.05) is 34.9 Å². The Balaban J connectivity index is 1.41. The number of rotatable bonds is 6. The third-order valence-electron chi connectivity index (χ3n) is 5.07. The van der Waals surface area contributed by atoms with E-state index in [4.69, 9.17) is 9.15 Å². The molecule has 0 aliphatic carbocycles. The van der Waals surface area contributed by atoms with Crippen molar-refractivity contribution in [3.63, 3.8) is 0 Å². The second-order valence-corrected chi connectivity index (χ2v) is 7.42. The van der Waals surface area contributed by atoms with Crippen LogP contribution in [0.5, 0.6) is 0 Å². The minimum atomic E-state index is -0.499. The van der Waals surface area contributed by atoms with Crippen molar-refractivity contribution in [1.82, 2.24) is 9.78 Å². The van der Waals surface area contributed by atoms with Crippen molar-refractivity contribution >= 4 is 23.0 Å². The van der Waals surface area contributed by atoms with Gasteiger partial charge in [-0.2, -0.15) is 5.10 Å². The van der Waals surface area contributed by atoms with Gasteiger partial charge in [-0.15, -0.1) is 0 Å². The van der Waals surface area contributed by atoms with E-state index in [9.17, 15) is 9.59 Å². The van der Waals surface area contributed by atoms with Crippen LogP contribution in [0.15, 0.2) is 76.2 Å². The van der Waals surface area contributed by atoms with Gasteiger partial charge in [0.1, 0.15) is 12.2 Å². The minimum Gasteiger partial charge on any atom is -0.458 e. The Kier molecular flexibility index (Phi) is 5.80. The predicted molar refractivity (Wildman–Crippen MR) is 119 cm³/mol. The minimum absolute atomic E-state index is 0.0129. The summed E-state index contributed by atoms with van der Waals surface area (Å²) in [6.45, 7) is 4.58. The van der Waals surface area contributed by atoms with Gasteiger partial charge in [-0.1, -0.05) is 30.3 Å². The number of hydrogen-bond donors (Lipinski definition) is 0. The van der Waals surface area contributed by atoms with E-state index in [1.807, 2.05) is 62.5 Å². The number of aryl methyl sites for hydroxylation is 2. The standard InChI is InChI=1S/C25H22N2O4/c1-17-10-22-21(12-25(29)31-23(22)11-18(17)2)16-30-24(28)9-8-20-13-26-27(15-20)14-19-6-4-3-5-7-19/h3-13,15H,14,16H2,1-2H3/b9-8+. The number of fused-ring (bicyclic) bond motifs is 1. The summed E-state index contributed by atoms with van der Waals surface area (Å²) in [5.74, 6) is -0.499. The molecule has 6 nitrogen and oxygen atoms in total. The molecular formula is C25H22N2O4. The molecule has 0 fully saturated rings. The molecule has 0 saturated carbocycles. The number of ether oxygens (including phenoxy) is 1. The van der Waals surface area contributed by atoms with E-state index < -0.39 is 11.6 Å². The average molecular weight is 414 g/mol. The van der Waals surface area contributed by atoms with Crippen LogP contribution < -0.4 is 5.63 Å². The highest BCUT2D eigenvalue weighted by molar-refractivity contribution is 5.87. The molecular weight excluding hydrogens is 392 g/mol. The Bertz CT molecular complexity index is 1320. The van der Waals surface area contributed by atoms with Crippen molar-refractivity contribution in [1.29, 1.82) is 0 Å². The predicted octanol–water partition coefficient (Wildman–Crippen LogP) is 4.41. The summed E-state index contributed by atoms with van der Waals surface area (Å²) in [4.78, 5) is 24.1. The highest BCUT2D eigenvalue weighted by Gasteiger charge is 2.09. The van der Waals surface area contributed by atoms with Crippen molar-refractivity contribution in [2.75, 3.05) is 0 Å². The summed E-state index contributed by atoms with van der Waals surface area (Å²) < 4.78 is 12.4. The zero-order chi connectivity index (χ0) is 21.8. The Labute approximate surface area is 179 Å². The molecule has 2 aromatic carbocycles. The number of benzene rings is 2. The summed E-state index contributed by atoms with van der Waals surface area (Å²) in [5, 5.41) is 5.08. The first-order chi connectivity index (χ1) is 15.0. The zero-order valence-corrected chi connectivity index (χ0v) is 17.4. The van der Waals surface area contributed by atoms with E-state index in [2.05, 4.69) is 5.10 Å². The van der Waals surface area contributed by atoms with Crippen molar-refractivity contribution in [3.8, 4) is 0 Å². The molecule has 0 unspecified atom stereocenters. The Morgan fingerprint density at radius 2 is 1.90 bits per heavy atom. The van der Waals surface area contributed by atoms with Crippen LogP contribution in [-0.2, 0) is 22.7 Å². The molecule has 156 valence electrons. The molecule has 0 amide bonds. The fraction of sp³-hybridized carbons (Fsp3) is 0.160. The maximum Gasteiger partial charge on any atom is 0.336 e. The first kappa shape index (κ1) is 20.3. The van der Waals surface area contributed by atoms with E-state index in [0.29, 0.717) is 17.7 Å². The van der Waals surface area contributed by atoms with Gasteiger partial charge in [-0.3, -0.25) is 4.68 Å². The van der Waals surface area contributed by atoms with E-state index in [1.165, 1.54) is 12.1 Å². The third-order valence-corrected chi connectivity index (χ3v) is 5.07.